The molecular weight excluding hydrogens is 254 g/mol. The van der Waals surface area contributed by atoms with Gasteiger partial charge >= 0.3 is 0 Å². The van der Waals surface area contributed by atoms with Gasteiger partial charge in [0.1, 0.15) is 5.60 Å². The summed E-state index contributed by atoms with van der Waals surface area (Å²) in [7, 11) is 2.17. The molecule has 0 aromatic heterocycles. The monoisotopic (exact) mass is 283 g/mol. The third-order valence-corrected chi connectivity index (χ3v) is 4.53. The topological polar surface area (TPSA) is 36.0 Å². The number of nitrogens with zero attached hydrogens (tertiary/aromatic N) is 3. The zero-order valence-electron chi connectivity index (χ0n) is 13.4. The highest BCUT2D eigenvalue weighted by molar-refractivity contribution is 5.84. The van der Waals surface area contributed by atoms with Gasteiger partial charge in [0.05, 0.1) is 0 Å². The molecule has 0 aromatic carbocycles. The molecular formula is C15H29N3O2. The second-order valence-corrected chi connectivity index (χ2v) is 6.48. The molecule has 2 saturated heterocycles. The summed E-state index contributed by atoms with van der Waals surface area (Å²) >= 11 is 0. The van der Waals surface area contributed by atoms with Gasteiger partial charge in [-0.15, -0.1) is 0 Å². The number of carbonyl (C=O) groups excluding carboxylic acids is 1. The molecule has 5 heteroatoms. The van der Waals surface area contributed by atoms with Crippen molar-refractivity contribution in [2.75, 3.05) is 52.9 Å². The van der Waals surface area contributed by atoms with Crippen LogP contribution >= 0.6 is 0 Å². The van der Waals surface area contributed by atoms with Gasteiger partial charge in [-0.05, 0) is 34.2 Å². The maximum absolute atomic E-state index is 12.5. The first kappa shape index (κ1) is 15.7. The second kappa shape index (κ2) is 6.41. The molecule has 20 heavy (non-hydrogen) atoms. The van der Waals surface area contributed by atoms with Gasteiger partial charge in [-0.3, -0.25) is 9.69 Å². The Bertz CT molecular complexity index is 338. The molecule has 0 saturated carbocycles. The Labute approximate surface area is 122 Å². The van der Waals surface area contributed by atoms with Gasteiger partial charge in [0.25, 0.3) is 5.91 Å². The quantitative estimate of drug-likeness (QED) is 0.759. The molecule has 5 nitrogen and oxygen atoms in total. The van der Waals surface area contributed by atoms with E-state index in [2.05, 4.69) is 16.8 Å². The van der Waals surface area contributed by atoms with Gasteiger partial charge in [0.15, 0.2) is 0 Å². The van der Waals surface area contributed by atoms with Crippen LogP contribution in [0.15, 0.2) is 0 Å². The number of likely N-dealkylation sites (N-methyl/N-ethyl adjacent to an activating group) is 1. The van der Waals surface area contributed by atoms with E-state index < -0.39 is 5.60 Å². The molecule has 2 fully saturated rings. The summed E-state index contributed by atoms with van der Waals surface area (Å²) in [5.74, 6) is 0.135. The lowest BCUT2D eigenvalue weighted by Gasteiger charge is -2.36. The molecule has 2 aliphatic heterocycles. The van der Waals surface area contributed by atoms with E-state index in [-0.39, 0.29) is 5.91 Å². The summed E-state index contributed by atoms with van der Waals surface area (Å²) in [6.45, 7) is 12.5. The van der Waals surface area contributed by atoms with Gasteiger partial charge in [-0.2, -0.15) is 0 Å². The Hall–Kier alpha value is -0.650. The van der Waals surface area contributed by atoms with Crippen LogP contribution < -0.4 is 0 Å². The standard InChI is InChI=1S/C15H29N3O2/c1-5-20-15(2,3)14(19)18-7-6-13(12-18)17-10-8-16(4)9-11-17/h13H,5-12H2,1-4H3. The van der Waals surface area contributed by atoms with Crippen molar-refractivity contribution in [1.29, 1.82) is 0 Å². The molecule has 1 unspecified atom stereocenters. The number of ether oxygens (including phenoxy) is 1. The number of likely N-dealkylation sites (tertiary alicyclic amines) is 1. The van der Waals surface area contributed by atoms with Crippen molar-refractivity contribution in [3.8, 4) is 0 Å². The Morgan fingerprint density at radius 3 is 2.45 bits per heavy atom. The highest BCUT2D eigenvalue weighted by Gasteiger charge is 2.38. The number of hydrogen-bond acceptors (Lipinski definition) is 4. The van der Waals surface area contributed by atoms with E-state index in [1.165, 1.54) is 0 Å². The van der Waals surface area contributed by atoms with Crippen LogP contribution in [-0.2, 0) is 9.53 Å². The normalized spacial score (nSPS) is 26.2. The van der Waals surface area contributed by atoms with Crippen LogP contribution in [0.5, 0.6) is 0 Å². The minimum Gasteiger partial charge on any atom is -0.366 e. The molecule has 2 heterocycles. The first-order valence-electron chi connectivity index (χ1n) is 7.80. The summed E-state index contributed by atoms with van der Waals surface area (Å²) in [4.78, 5) is 19.4. The summed E-state index contributed by atoms with van der Waals surface area (Å²) in [6.07, 6.45) is 1.09. The third kappa shape index (κ3) is 3.51. The lowest BCUT2D eigenvalue weighted by molar-refractivity contribution is -0.152. The number of piperazine rings is 1. The molecule has 0 radical (unpaired) electrons. The third-order valence-electron chi connectivity index (χ3n) is 4.53. The Kier molecular flexibility index (Phi) is 5.04. The molecule has 2 rings (SSSR count). The number of amides is 1. The van der Waals surface area contributed by atoms with Gasteiger partial charge in [0, 0.05) is 51.9 Å². The largest absolute Gasteiger partial charge is 0.366 e. The van der Waals surface area contributed by atoms with E-state index in [1.807, 2.05) is 25.7 Å². The second-order valence-electron chi connectivity index (χ2n) is 6.48. The van der Waals surface area contributed by atoms with E-state index in [0.717, 1.165) is 45.7 Å². The van der Waals surface area contributed by atoms with Crippen LogP contribution in [0.2, 0.25) is 0 Å². The Morgan fingerprint density at radius 1 is 1.20 bits per heavy atom. The van der Waals surface area contributed by atoms with Crippen LogP contribution in [0, 0.1) is 0 Å². The van der Waals surface area contributed by atoms with Crippen molar-refractivity contribution in [1.82, 2.24) is 14.7 Å². The first-order chi connectivity index (χ1) is 9.44. The first-order valence-corrected chi connectivity index (χ1v) is 7.80. The predicted octanol–water partition coefficient (Wildman–Crippen LogP) is 0.650. The summed E-state index contributed by atoms with van der Waals surface area (Å²) in [5, 5.41) is 0. The number of rotatable bonds is 4. The maximum Gasteiger partial charge on any atom is 0.254 e. The highest BCUT2D eigenvalue weighted by Crippen LogP contribution is 2.22. The molecule has 1 amide bonds. The Balaban J connectivity index is 1.87. The van der Waals surface area contributed by atoms with E-state index in [1.54, 1.807) is 0 Å². The van der Waals surface area contributed by atoms with E-state index >= 15 is 0 Å². The van der Waals surface area contributed by atoms with Crippen LogP contribution in [0.3, 0.4) is 0 Å². The number of hydrogen-bond donors (Lipinski definition) is 0. The molecule has 0 N–H and O–H groups in total. The lowest BCUT2D eigenvalue weighted by Crippen LogP contribution is -2.51. The smallest absolute Gasteiger partial charge is 0.254 e. The fraction of sp³-hybridized carbons (Fsp3) is 0.933. The molecule has 0 spiro atoms. The van der Waals surface area contributed by atoms with Crippen molar-refractivity contribution < 1.29 is 9.53 Å². The predicted molar refractivity (Wildman–Crippen MR) is 79.8 cm³/mol. The highest BCUT2D eigenvalue weighted by atomic mass is 16.5. The summed E-state index contributed by atoms with van der Waals surface area (Å²) in [5.41, 5.74) is -0.689. The SMILES string of the molecule is CCOC(C)(C)C(=O)N1CCC(N2CCN(C)CC2)C1. The van der Waals surface area contributed by atoms with Gasteiger partial charge in [-0.25, -0.2) is 0 Å². The average molecular weight is 283 g/mol. The van der Waals surface area contributed by atoms with Gasteiger partial charge in [0.2, 0.25) is 0 Å². The number of carbonyl (C=O) groups is 1. The molecule has 0 bridgehead atoms. The molecule has 0 aliphatic carbocycles. The van der Waals surface area contributed by atoms with E-state index in [9.17, 15) is 4.79 Å². The molecule has 0 aromatic rings. The van der Waals surface area contributed by atoms with Crippen molar-refractivity contribution >= 4 is 5.91 Å². The van der Waals surface area contributed by atoms with Crippen molar-refractivity contribution in [3.05, 3.63) is 0 Å². The van der Waals surface area contributed by atoms with Crippen LogP contribution in [0.25, 0.3) is 0 Å². The van der Waals surface area contributed by atoms with Crippen molar-refractivity contribution in [3.63, 3.8) is 0 Å². The van der Waals surface area contributed by atoms with Crippen LogP contribution in [0.4, 0.5) is 0 Å². The van der Waals surface area contributed by atoms with E-state index in [4.69, 9.17) is 4.74 Å². The van der Waals surface area contributed by atoms with Crippen molar-refractivity contribution in [2.24, 2.45) is 0 Å². The van der Waals surface area contributed by atoms with Gasteiger partial charge < -0.3 is 14.5 Å². The summed E-state index contributed by atoms with van der Waals surface area (Å²) in [6, 6.07) is 0.532. The maximum atomic E-state index is 12.5. The molecule has 1 atom stereocenters. The Morgan fingerprint density at radius 2 is 1.85 bits per heavy atom. The fourth-order valence-electron chi connectivity index (χ4n) is 3.21. The zero-order chi connectivity index (χ0) is 14.8. The molecule has 116 valence electrons. The average Bonchev–Trinajstić information content (AvgIpc) is 2.88. The summed E-state index contributed by atoms with van der Waals surface area (Å²) < 4.78 is 5.59. The molecule has 2 aliphatic rings. The fourth-order valence-corrected chi connectivity index (χ4v) is 3.21. The minimum absolute atomic E-state index is 0.135. The minimum atomic E-state index is -0.689. The van der Waals surface area contributed by atoms with Crippen LogP contribution in [0.1, 0.15) is 27.2 Å². The van der Waals surface area contributed by atoms with Crippen molar-refractivity contribution in [2.45, 2.75) is 38.8 Å². The van der Waals surface area contributed by atoms with Gasteiger partial charge in [-0.1, -0.05) is 0 Å². The van der Waals surface area contributed by atoms with Crippen LogP contribution in [-0.4, -0.2) is 85.2 Å². The lowest BCUT2D eigenvalue weighted by atomic mass is 10.1. The van der Waals surface area contributed by atoms with E-state index in [0.29, 0.717) is 12.6 Å². The zero-order valence-corrected chi connectivity index (χ0v) is 13.4.